The van der Waals surface area contributed by atoms with Gasteiger partial charge >= 0.3 is 5.97 Å². The molecule has 8 nitrogen and oxygen atoms in total. The van der Waals surface area contributed by atoms with Crippen LogP contribution in [0.4, 0.5) is 0 Å². The Bertz CT molecular complexity index is 459. The van der Waals surface area contributed by atoms with E-state index in [0.717, 1.165) is 5.57 Å². The molecule has 0 aromatic heterocycles. The van der Waals surface area contributed by atoms with Crippen molar-refractivity contribution in [2.24, 2.45) is 5.92 Å². The van der Waals surface area contributed by atoms with Gasteiger partial charge in [-0.1, -0.05) is 25.2 Å². The average molecular weight is 346 g/mol. The molecule has 0 aliphatic carbocycles. The van der Waals surface area contributed by atoms with E-state index in [9.17, 15) is 20.1 Å². The van der Waals surface area contributed by atoms with Crippen LogP contribution in [0.15, 0.2) is 23.8 Å². The van der Waals surface area contributed by atoms with Gasteiger partial charge in [0.2, 0.25) is 0 Å². The predicted molar refractivity (Wildman–Crippen MR) is 84.0 cm³/mol. The second-order valence-electron chi connectivity index (χ2n) is 5.92. The highest BCUT2D eigenvalue weighted by atomic mass is 16.7. The van der Waals surface area contributed by atoms with E-state index in [1.165, 1.54) is 0 Å². The van der Waals surface area contributed by atoms with E-state index in [-0.39, 0.29) is 6.61 Å². The maximum atomic E-state index is 10.7. The normalized spacial score (nSPS) is 32.9. The summed E-state index contributed by atoms with van der Waals surface area (Å²) >= 11 is 0. The Morgan fingerprint density at radius 1 is 1.25 bits per heavy atom. The van der Waals surface area contributed by atoms with Crippen LogP contribution in [0, 0.1) is 5.92 Å². The first-order chi connectivity index (χ1) is 11.3. The zero-order valence-corrected chi connectivity index (χ0v) is 13.8. The zero-order valence-electron chi connectivity index (χ0n) is 13.8. The molecule has 0 aromatic carbocycles. The van der Waals surface area contributed by atoms with Gasteiger partial charge in [-0.3, -0.25) is 4.79 Å². The number of ether oxygens (including phenoxy) is 2. The average Bonchev–Trinajstić information content (AvgIpc) is 2.55. The van der Waals surface area contributed by atoms with Crippen molar-refractivity contribution >= 4 is 5.97 Å². The molecule has 1 rings (SSSR count). The lowest BCUT2D eigenvalue weighted by molar-refractivity contribution is -0.299. The lowest BCUT2D eigenvalue weighted by Crippen LogP contribution is -2.59. The number of allylic oxidation sites excluding steroid dienone is 3. The van der Waals surface area contributed by atoms with Crippen molar-refractivity contribution in [3.05, 3.63) is 23.8 Å². The monoisotopic (exact) mass is 346 g/mol. The maximum absolute atomic E-state index is 10.7. The van der Waals surface area contributed by atoms with Crippen LogP contribution in [-0.2, 0) is 14.3 Å². The third kappa shape index (κ3) is 5.97. The number of carboxylic acids is 1. The largest absolute Gasteiger partial charge is 0.481 e. The fourth-order valence-corrected chi connectivity index (χ4v) is 2.08. The molecule has 6 atom stereocenters. The van der Waals surface area contributed by atoms with E-state index in [4.69, 9.17) is 19.7 Å². The first kappa shape index (κ1) is 20.8. The van der Waals surface area contributed by atoms with Crippen molar-refractivity contribution in [3.8, 4) is 0 Å². The second-order valence-corrected chi connectivity index (χ2v) is 5.92. The molecule has 1 unspecified atom stereocenters. The SMILES string of the molecule is C/C(=C\C=C\CC(C)C(=O)O)CO[C@@H]1O[C@H](CO)[C@@H](O)[C@H](O)[C@H]1O. The van der Waals surface area contributed by atoms with E-state index < -0.39 is 49.2 Å². The van der Waals surface area contributed by atoms with Gasteiger partial charge in [0.1, 0.15) is 24.4 Å². The lowest BCUT2D eigenvalue weighted by Gasteiger charge is -2.39. The number of carbonyl (C=O) groups is 1. The molecule has 138 valence electrons. The van der Waals surface area contributed by atoms with Crippen LogP contribution in [0.2, 0.25) is 0 Å². The third-order valence-electron chi connectivity index (χ3n) is 3.75. The number of aliphatic carboxylic acids is 1. The molecule has 24 heavy (non-hydrogen) atoms. The Morgan fingerprint density at radius 2 is 1.92 bits per heavy atom. The summed E-state index contributed by atoms with van der Waals surface area (Å²) in [7, 11) is 0. The molecule has 0 saturated carbocycles. The van der Waals surface area contributed by atoms with Crippen molar-refractivity contribution in [2.45, 2.75) is 51.0 Å². The van der Waals surface area contributed by atoms with Gasteiger partial charge < -0.3 is 35.0 Å². The van der Waals surface area contributed by atoms with Crippen molar-refractivity contribution in [1.82, 2.24) is 0 Å². The molecule has 0 amide bonds. The Morgan fingerprint density at radius 3 is 2.50 bits per heavy atom. The summed E-state index contributed by atoms with van der Waals surface area (Å²) in [6.07, 6.45) is -0.895. The quantitative estimate of drug-likeness (QED) is 0.368. The number of carboxylic acid groups (broad SMARTS) is 1. The second kappa shape index (κ2) is 9.87. The Balaban J connectivity index is 2.47. The molecule has 0 aromatic rings. The third-order valence-corrected chi connectivity index (χ3v) is 3.75. The number of rotatable bonds is 8. The van der Waals surface area contributed by atoms with Crippen LogP contribution >= 0.6 is 0 Å². The summed E-state index contributed by atoms with van der Waals surface area (Å²) in [4.78, 5) is 10.7. The van der Waals surface area contributed by atoms with E-state index in [2.05, 4.69) is 0 Å². The molecule has 1 fully saturated rings. The summed E-state index contributed by atoms with van der Waals surface area (Å²) in [6, 6.07) is 0. The Labute approximate surface area is 140 Å². The molecule has 1 heterocycles. The van der Waals surface area contributed by atoms with Crippen LogP contribution in [0.1, 0.15) is 20.3 Å². The minimum Gasteiger partial charge on any atom is -0.481 e. The van der Waals surface area contributed by atoms with Gasteiger partial charge in [-0.15, -0.1) is 0 Å². The molecule has 0 radical (unpaired) electrons. The van der Waals surface area contributed by atoms with Crippen LogP contribution in [0.25, 0.3) is 0 Å². The molecule has 8 heteroatoms. The van der Waals surface area contributed by atoms with Gasteiger partial charge in [-0.2, -0.15) is 0 Å². The standard InChI is InChI=1S/C16H26O8/c1-9(5-3-4-6-10(2)15(21)22)8-23-16-14(20)13(19)12(18)11(7-17)24-16/h3-5,10-14,16-20H,6-8H2,1-2H3,(H,21,22)/b4-3+,9-5+/t10?,11-,12-,13+,14-,16-/m1/s1. The van der Waals surface area contributed by atoms with Crippen molar-refractivity contribution in [3.63, 3.8) is 0 Å². The number of hydrogen-bond acceptors (Lipinski definition) is 7. The zero-order chi connectivity index (χ0) is 18.3. The summed E-state index contributed by atoms with van der Waals surface area (Å²) in [5.74, 6) is -1.31. The van der Waals surface area contributed by atoms with Crippen LogP contribution in [-0.4, -0.2) is 75.4 Å². The highest BCUT2D eigenvalue weighted by Gasteiger charge is 2.43. The summed E-state index contributed by atoms with van der Waals surface area (Å²) < 4.78 is 10.6. The fraction of sp³-hybridized carbons (Fsp3) is 0.688. The summed E-state index contributed by atoms with van der Waals surface area (Å²) in [6.45, 7) is 2.98. The molecule has 1 aliphatic rings. The predicted octanol–water partition coefficient (Wildman–Crippen LogP) is -0.584. The molecular weight excluding hydrogens is 320 g/mol. The molecule has 1 aliphatic heterocycles. The van der Waals surface area contributed by atoms with Gasteiger partial charge in [0.05, 0.1) is 19.1 Å². The van der Waals surface area contributed by atoms with Gasteiger partial charge in [-0.25, -0.2) is 0 Å². The molecular formula is C16H26O8. The maximum Gasteiger partial charge on any atom is 0.306 e. The highest BCUT2D eigenvalue weighted by Crippen LogP contribution is 2.22. The topological polar surface area (TPSA) is 137 Å². The van der Waals surface area contributed by atoms with E-state index in [1.807, 2.05) is 0 Å². The summed E-state index contributed by atoms with van der Waals surface area (Å²) in [5, 5.41) is 47.0. The lowest BCUT2D eigenvalue weighted by atomic mass is 9.99. The molecule has 5 N–H and O–H groups in total. The number of aliphatic hydroxyl groups is 4. The number of hydrogen-bond donors (Lipinski definition) is 5. The van der Waals surface area contributed by atoms with Gasteiger partial charge in [0.15, 0.2) is 6.29 Å². The number of aliphatic hydroxyl groups excluding tert-OH is 4. The highest BCUT2D eigenvalue weighted by molar-refractivity contribution is 5.69. The minimum absolute atomic E-state index is 0.0987. The smallest absolute Gasteiger partial charge is 0.306 e. The van der Waals surface area contributed by atoms with E-state index in [1.54, 1.807) is 32.1 Å². The Hall–Kier alpha value is -1.29. The molecule has 0 spiro atoms. The Kier molecular flexibility index (Phi) is 8.54. The van der Waals surface area contributed by atoms with Crippen molar-refractivity contribution in [1.29, 1.82) is 0 Å². The van der Waals surface area contributed by atoms with Crippen molar-refractivity contribution < 1.29 is 39.8 Å². The van der Waals surface area contributed by atoms with E-state index in [0.29, 0.717) is 6.42 Å². The van der Waals surface area contributed by atoms with Gasteiger partial charge in [-0.05, 0) is 18.9 Å². The minimum atomic E-state index is -1.47. The molecule has 1 saturated heterocycles. The first-order valence-corrected chi connectivity index (χ1v) is 7.75. The fourth-order valence-electron chi connectivity index (χ4n) is 2.08. The first-order valence-electron chi connectivity index (χ1n) is 7.75. The summed E-state index contributed by atoms with van der Waals surface area (Å²) in [5.41, 5.74) is 0.784. The van der Waals surface area contributed by atoms with E-state index >= 15 is 0 Å². The van der Waals surface area contributed by atoms with Crippen LogP contribution in [0.5, 0.6) is 0 Å². The van der Waals surface area contributed by atoms with Gasteiger partial charge in [0.25, 0.3) is 0 Å². The van der Waals surface area contributed by atoms with Crippen LogP contribution < -0.4 is 0 Å². The van der Waals surface area contributed by atoms with Crippen molar-refractivity contribution in [2.75, 3.05) is 13.2 Å². The van der Waals surface area contributed by atoms with Gasteiger partial charge in [0, 0.05) is 0 Å². The van der Waals surface area contributed by atoms with Crippen LogP contribution in [0.3, 0.4) is 0 Å². The molecule has 0 bridgehead atoms.